The van der Waals surface area contributed by atoms with Gasteiger partial charge in [-0.25, -0.2) is 0 Å². The lowest BCUT2D eigenvalue weighted by atomic mass is 10.0. The minimum Gasteiger partial charge on any atom is -0.483 e. The van der Waals surface area contributed by atoms with Gasteiger partial charge in [-0.15, -0.1) is 0 Å². The Morgan fingerprint density at radius 3 is 2.90 bits per heavy atom. The Labute approximate surface area is 117 Å². The summed E-state index contributed by atoms with van der Waals surface area (Å²) in [5.74, 6) is 0.312. The summed E-state index contributed by atoms with van der Waals surface area (Å²) in [7, 11) is 1.75. The van der Waals surface area contributed by atoms with Crippen LogP contribution in [0.1, 0.15) is 24.8 Å². The van der Waals surface area contributed by atoms with Gasteiger partial charge in [-0.1, -0.05) is 12.1 Å². The molecule has 1 fully saturated rings. The molecule has 0 aromatic heterocycles. The van der Waals surface area contributed by atoms with Gasteiger partial charge >= 0.3 is 5.69 Å². The van der Waals surface area contributed by atoms with Crippen LogP contribution in [-0.2, 0) is 0 Å². The molecule has 0 bridgehead atoms. The average molecular weight is 275 g/mol. The number of hydrogen-bond donors (Lipinski definition) is 1. The lowest BCUT2D eigenvalue weighted by Crippen LogP contribution is -2.39. The van der Waals surface area contributed by atoms with Gasteiger partial charge in [-0.3, -0.25) is 10.1 Å². The Kier molecular flexibility index (Phi) is 3.91. The van der Waals surface area contributed by atoms with Crippen LogP contribution < -0.4 is 10.1 Å². The van der Waals surface area contributed by atoms with Crippen LogP contribution in [0, 0.1) is 28.4 Å². The van der Waals surface area contributed by atoms with Crippen LogP contribution in [-0.4, -0.2) is 23.6 Å². The Morgan fingerprint density at radius 1 is 1.60 bits per heavy atom. The Bertz CT molecular complexity index is 567. The number of nitrogens with zero attached hydrogens (tertiary/aromatic N) is 2. The number of hydrogen-bond acceptors (Lipinski definition) is 5. The monoisotopic (exact) mass is 275 g/mol. The van der Waals surface area contributed by atoms with Crippen LogP contribution in [0.15, 0.2) is 18.2 Å². The molecule has 1 saturated carbocycles. The van der Waals surface area contributed by atoms with Gasteiger partial charge in [0, 0.05) is 12.5 Å². The molecule has 2 rings (SSSR count). The van der Waals surface area contributed by atoms with Crippen LogP contribution in [0.2, 0.25) is 0 Å². The van der Waals surface area contributed by atoms with Crippen LogP contribution in [0.5, 0.6) is 5.75 Å². The molecule has 1 aromatic rings. The normalized spacial score (nSPS) is 25.1. The highest BCUT2D eigenvalue weighted by Gasteiger charge is 2.40. The van der Waals surface area contributed by atoms with Crippen LogP contribution in [0.25, 0.3) is 0 Å². The lowest BCUT2D eigenvalue weighted by Gasteiger charge is -2.20. The molecule has 2 unspecified atom stereocenters. The second-order valence-electron chi connectivity index (χ2n) is 5.11. The summed E-state index contributed by atoms with van der Waals surface area (Å²) < 4.78 is 5.82. The largest absolute Gasteiger partial charge is 0.483 e. The second-order valence-corrected chi connectivity index (χ2v) is 5.11. The minimum absolute atomic E-state index is 0.0242. The van der Waals surface area contributed by atoms with Crippen LogP contribution in [0.3, 0.4) is 0 Å². The topological polar surface area (TPSA) is 88.2 Å². The average Bonchev–Trinajstić information content (AvgIpc) is 2.85. The van der Waals surface area contributed by atoms with Crippen LogP contribution >= 0.6 is 0 Å². The van der Waals surface area contributed by atoms with Gasteiger partial charge in [0.25, 0.3) is 0 Å². The highest BCUT2D eigenvalue weighted by Crippen LogP contribution is 2.36. The van der Waals surface area contributed by atoms with E-state index in [1.54, 1.807) is 26.1 Å². The van der Waals surface area contributed by atoms with Crippen LogP contribution in [0.4, 0.5) is 5.69 Å². The maximum Gasteiger partial charge on any atom is 0.311 e. The van der Waals surface area contributed by atoms with E-state index >= 15 is 0 Å². The van der Waals surface area contributed by atoms with Crippen molar-refractivity contribution in [1.82, 2.24) is 5.32 Å². The SMILES string of the molecule is CNC1(C#N)CCC(Oc2c(C)cccc2[N+](=O)[O-])C1. The fourth-order valence-electron chi connectivity index (χ4n) is 2.59. The molecule has 1 aliphatic carbocycles. The predicted octanol–water partition coefficient (Wildman–Crippen LogP) is 2.32. The van der Waals surface area contributed by atoms with Gasteiger partial charge in [0.05, 0.1) is 11.0 Å². The van der Waals surface area contributed by atoms with Crippen molar-refractivity contribution in [2.24, 2.45) is 0 Å². The van der Waals surface area contributed by atoms with E-state index in [1.165, 1.54) is 6.07 Å². The summed E-state index contributed by atoms with van der Waals surface area (Å²) >= 11 is 0. The Balaban J connectivity index is 2.21. The van der Waals surface area contributed by atoms with Crippen molar-refractivity contribution in [2.45, 2.75) is 37.8 Å². The fraction of sp³-hybridized carbons (Fsp3) is 0.500. The van der Waals surface area contributed by atoms with Crippen molar-refractivity contribution in [3.8, 4) is 11.8 Å². The summed E-state index contributed by atoms with van der Waals surface area (Å²) in [5.41, 5.74) is 0.129. The first-order valence-electron chi connectivity index (χ1n) is 6.52. The first-order chi connectivity index (χ1) is 9.51. The number of rotatable bonds is 4. The Hall–Kier alpha value is -2.13. The highest BCUT2D eigenvalue weighted by molar-refractivity contribution is 5.51. The van der Waals surface area contributed by atoms with Crippen molar-refractivity contribution in [1.29, 1.82) is 5.26 Å². The molecule has 6 nitrogen and oxygen atoms in total. The van der Waals surface area contributed by atoms with Gasteiger partial charge in [-0.05, 0) is 32.4 Å². The van der Waals surface area contributed by atoms with Crippen molar-refractivity contribution >= 4 is 5.69 Å². The van der Waals surface area contributed by atoms with Gasteiger partial charge in [0.2, 0.25) is 0 Å². The third-order valence-corrected chi connectivity index (χ3v) is 3.83. The number of nitro benzene ring substituents is 1. The maximum atomic E-state index is 11.0. The zero-order valence-corrected chi connectivity index (χ0v) is 11.5. The smallest absolute Gasteiger partial charge is 0.311 e. The van der Waals surface area contributed by atoms with E-state index in [4.69, 9.17) is 4.74 Å². The van der Waals surface area contributed by atoms with Crippen molar-refractivity contribution in [2.75, 3.05) is 7.05 Å². The maximum absolute atomic E-state index is 11.0. The molecular formula is C14H17N3O3. The van der Waals surface area contributed by atoms with E-state index in [2.05, 4.69) is 11.4 Å². The molecule has 1 N–H and O–H groups in total. The molecule has 0 heterocycles. The Morgan fingerprint density at radius 2 is 2.35 bits per heavy atom. The van der Waals surface area contributed by atoms with E-state index in [-0.39, 0.29) is 11.8 Å². The van der Waals surface area contributed by atoms with Gasteiger partial charge in [-0.2, -0.15) is 5.26 Å². The van der Waals surface area contributed by atoms with Gasteiger partial charge in [0.1, 0.15) is 11.6 Å². The van der Waals surface area contributed by atoms with Crippen molar-refractivity contribution in [3.05, 3.63) is 33.9 Å². The molecule has 1 aromatic carbocycles. The number of nitro groups is 1. The number of nitrogens with one attached hydrogen (secondary N) is 1. The first kappa shape index (κ1) is 14.3. The molecule has 0 radical (unpaired) electrons. The summed E-state index contributed by atoms with van der Waals surface area (Å²) in [5, 5.41) is 23.3. The molecule has 2 atom stereocenters. The van der Waals surface area contributed by atoms with E-state index in [0.29, 0.717) is 25.0 Å². The van der Waals surface area contributed by atoms with Crippen molar-refractivity contribution in [3.63, 3.8) is 0 Å². The summed E-state index contributed by atoms with van der Waals surface area (Å²) in [6.07, 6.45) is 1.75. The molecule has 0 amide bonds. The number of ether oxygens (including phenoxy) is 1. The van der Waals surface area contributed by atoms with E-state index in [9.17, 15) is 15.4 Å². The van der Waals surface area contributed by atoms with Gasteiger partial charge < -0.3 is 10.1 Å². The number of benzene rings is 1. The molecule has 106 valence electrons. The quantitative estimate of drug-likeness (QED) is 0.673. The summed E-state index contributed by atoms with van der Waals surface area (Å²) in [4.78, 5) is 10.6. The third-order valence-electron chi connectivity index (χ3n) is 3.83. The van der Waals surface area contributed by atoms with Gasteiger partial charge in [0.15, 0.2) is 5.75 Å². The molecule has 0 spiro atoms. The molecular weight excluding hydrogens is 258 g/mol. The standard InChI is InChI=1S/C14H17N3O3/c1-10-4-3-5-12(17(18)19)13(10)20-11-6-7-14(8-11,9-15)16-2/h3-5,11,16H,6-8H2,1-2H3. The molecule has 0 aliphatic heterocycles. The molecule has 0 saturated heterocycles. The minimum atomic E-state index is -0.581. The fourth-order valence-corrected chi connectivity index (χ4v) is 2.59. The van der Waals surface area contributed by atoms with E-state index in [0.717, 1.165) is 5.56 Å². The van der Waals surface area contributed by atoms with Crippen molar-refractivity contribution < 1.29 is 9.66 Å². The first-order valence-corrected chi connectivity index (χ1v) is 6.52. The predicted molar refractivity (Wildman–Crippen MR) is 73.5 cm³/mol. The lowest BCUT2D eigenvalue weighted by molar-refractivity contribution is -0.386. The highest BCUT2D eigenvalue weighted by atomic mass is 16.6. The number of aryl methyl sites for hydroxylation is 1. The summed E-state index contributed by atoms with van der Waals surface area (Å²) in [6.45, 7) is 1.78. The van der Waals surface area contributed by atoms with E-state index in [1.807, 2.05) is 0 Å². The zero-order valence-electron chi connectivity index (χ0n) is 11.5. The number of nitriles is 1. The molecule has 6 heteroatoms. The number of para-hydroxylation sites is 1. The summed E-state index contributed by atoms with van der Waals surface area (Å²) in [6, 6.07) is 7.13. The molecule has 1 aliphatic rings. The molecule has 20 heavy (non-hydrogen) atoms. The zero-order chi connectivity index (χ0) is 14.8. The van der Waals surface area contributed by atoms with E-state index < -0.39 is 10.5 Å². The second kappa shape index (κ2) is 5.47. The third kappa shape index (κ3) is 2.58.